The molecule has 0 saturated carbocycles. The third-order valence-corrected chi connectivity index (χ3v) is 6.24. The second-order valence-corrected chi connectivity index (χ2v) is 8.84. The molecule has 0 bridgehead atoms. The zero-order chi connectivity index (χ0) is 21.6. The molecule has 0 heterocycles. The summed E-state index contributed by atoms with van der Waals surface area (Å²) in [6.45, 7) is 1.84. The Kier molecular flexibility index (Phi) is 7.43. The van der Waals surface area contributed by atoms with Crippen LogP contribution in [0.2, 0.25) is 5.02 Å². The lowest BCUT2D eigenvalue weighted by Crippen LogP contribution is -2.28. The average molecular weight is 434 g/mol. The molecule has 2 aromatic carbocycles. The fraction of sp³-hybridized carbons (Fsp3) is 0.238. The first-order valence-electron chi connectivity index (χ1n) is 8.70. The van der Waals surface area contributed by atoms with Gasteiger partial charge in [0.15, 0.2) is 0 Å². The van der Waals surface area contributed by atoms with E-state index in [0.717, 1.165) is 11.4 Å². The number of halogens is 1. The minimum atomic E-state index is -3.59. The molecule has 0 aromatic heterocycles. The number of ether oxygens (including phenoxy) is 1. The maximum absolute atomic E-state index is 12.8. The Morgan fingerprint density at radius 3 is 2.48 bits per heavy atom. The Hall–Kier alpha value is -2.82. The van der Waals surface area contributed by atoms with Crippen LogP contribution in [0.5, 0.6) is 5.75 Å². The molecule has 2 rings (SSSR count). The molecule has 0 unspecified atom stereocenters. The molecule has 0 radical (unpaired) electrons. The number of benzene rings is 2. The normalized spacial score (nSPS) is 11.5. The van der Waals surface area contributed by atoms with Crippen LogP contribution in [-0.2, 0) is 15.8 Å². The molecule has 6 nitrogen and oxygen atoms in total. The summed E-state index contributed by atoms with van der Waals surface area (Å²) in [5, 5.41) is 3.33. The van der Waals surface area contributed by atoms with E-state index in [1.165, 1.54) is 18.5 Å². The van der Waals surface area contributed by atoms with E-state index in [0.29, 0.717) is 22.0 Å². The van der Waals surface area contributed by atoms with Gasteiger partial charge in [-0.1, -0.05) is 30.2 Å². The van der Waals surface area contributed by atoms with E-state index in [1.54, 1.807) is 42.5 Å². The molecule has 0 fully saturated rings. The van der Waals surface area contributed by atoms with Crippen LogP contribution in [-0.4, -0.2) is 29.6 Å². The summed E-state index contributed by atoms with van der Waals surface area (Å²) in [4.78, 5) is 1.84. The first-order valence-corrected chi connectivity index (χ1v) is 10.7. The molecule has 0 aliphatic rings. The van der Waals surface area contributed by atoms with Gasteiger partial charge in [-0.3, -0.25) is 4.31 Å². The monoisotopic (exact) mass is 433 g/mol. The van der Waals surface area contributed by atoms with Crippen LogP contribution in [0.3, 0.4) is 0 Å². The van der Waals surface area contributed by atoms with Crippen LogP contribution in [0, 0.1) is 12.5 Å². The molecule has 0 amide bonds. The van der Waals surface area contributed by atoms with E-state index in [4.69, 9.17) is 22.8 Å². The van der Waals surface area contributed by atoms with E-state index in [2.05, 4.69) is 11.4 Å². The lowest BCUT2D eigenvalue weighted by molar-refractivity contribution is 0.415. The fourth-order valence-electron chi connectivity index (χ4n) is 2.71. The smallest absolute Gasteiger partial charge is 0.239 e. The summed E-state index contributed by atoms with van der Waals surface area (Å²) in [7, 11) is 1.32. The maximum Gasteiger partial charge on any atom is 0.239 e. The van der Waals surface area contributed by atoms with Crippen molar-refractivity contribution in [1.29, 1.82) is 0 Å². The van der Waals surface area contributed by atoms with Gasteiger partial charge in [-0.2, -0.15) is 0 Å². The van der Waals surface area contributed by atoms with Crippen molar-refractivity contribution in [2.45, 2.75) is 12.7 Å². The summed E-state index contributed by atoms with van der Waals surface area (Å²) >= 11 is 5.87. The SMILES string of the molecule is C#CN/C(C)=C\N(C)c1ccc(N(C)S(=O)(=O)Cc2ccc(Cl)cc2)cc1OC. The van der Waals surface area contributed by atoms with Gasteiger partial charge >= 0.3 is 0 Å². The third-order valence-electron chi connectivity index (χ3n) is 4.24. The predicted octanol–water partition coefficient (Wildman–Crippen LogP) is 3.79. The molecule has 0 spiro atoms. The highest BCUT2D eigenvalue weighted by atomic mass is 35.5. The van der Waals surface area contributed by atoms with Crippen LogP contribution in [0.4, 0.5) is 11.4 Å². The van der Waals surface area contributed by atoms with Crippen molar-refractivity contribution in [3.63, 3.8) is 0 Å². The second-order valence-electron chi connectivity index (χ2n) is 6.40. The summed E-state index contributed by atoms with van der Waals surface area (Å²) < 4.78 is 32.4. The van der Waals surface area contributed by atoms with Gasteiger partial charge in [-0.15, -0.1) is 0 Å². The Morgan fingerprint density at radius 2 is 1.90 bits per heavy atom. The van der Waals surface area contributed by atoms with Crippen LogP contribution >= 0.6 is 11.6 Å². The number of anilines is 2. The number of nitrogens with zero attached hydrogens (tertiary/aromatic N) is 2. The van der Waals surface area contributed by atoms with Crippen molar-refractivity contribution >= 4 is 33.0 Å². The van der Waals surface area contributed by atoms with Gasteiger partial charge in [0, 0.05) is 43.1 Å². The van der Waals surface area contributed by atoms with Crippen molar-refractivity contribution in [1.82, 2.24) is 5.32 Å². The van der Waals surface area contributed by atoms with Crippen molar-refractivity contribution in [2.75, 3.05) is 30.4 Å². The molecule has 0 saturated heterocycles. The Balaban J connectivity index is 2.29. The van der Waals surface area contributed by atoms with Gasteiger partial charge in [-0.05, 0) is 36.8 Å². The van der Waals surface area contributed by atoms with Crippen LogP contribution in [0.1, 0.15) is 12.5 Å². The number of nitrogens with one attached hydrogen (secondary N) is 1. The number of terminal acetylenes is 1. The zero-order valence-corrected chi connectivity index (χ0v) is 18.4. The highest BCUT2D eigenvalue weighted by Crippen LogP contribution is 2.33. The van der Waals surface area contributed by atoms with Gasteiger partial charge in [-0.25, -0.2) is 8.42 Å². The molecular formula is C21H24ClN3O3S. The van der Waals surface area contributed by atoms with Crippen LogP contribution in [0.25, 0.3) is 0 Å². The zero-order valence-electron chi connectivity index (χ0n) is 16.8. The van der Waals surface area contributed by atoms with Crippen molar-refractivity contribution in [2.24, 2.45) is 0 Å². The first-order chi connectivity index (χ1) is 13.7. The van der Waals surface area contributed by atoms with Gasteiger partial charge in [0.25, 0.3) is 0 Å². The van der Waals surface area contributed by atoms with Crippen molar-refractivity contribution in [3.05, 3.63) is 64.9 Å². The summed E-state index contributed by atoms with van der Waals surface area (Å²) in [6.07, 6.45) is 7.06. The molecule has 154 valence electrons. The van der Waals surface area contributed by atoms with Gasteiger partial charge < -0.3 is 15.0 Å². The molecule has 0 aliphatic carbocycles. The third kappa shape index (κ3) is 5.83. The summed E-state index contributed by atoms with van der Waals surface area (Å²) in [6, 6.07) is 14.3. The Bertz CT molecular complexity index is 1030. The molecule has 1 N–H and O–H groups in total. The van der Waals surface area contributed by atoms with Crippen molar-refractivity contribution < 1.29 is 13.2 Å². The van der Waals surface area contributed by atoms with E-state index < -0.39 is 10.0 Å². The average Bonchev–Trinajstić information content (AvgIpc) is 2.68. The van der Waals surface area contributed by atoms with Crippen molar-refractivity contribution in [3.8, 4) is 18.2 Å². The molecular weight excluding hydrogens is 410 g/mol. The van der Waals surface area contributed by atoms with Gasteiger partial charge in [0.05, 0.1) is 24.2 Å². The minimum absolute atomic E-state index is 0.135. The number of hydrogen-bond acceptors (Lipinski definition) is 5. The topological polar surface area (TPSA) is 61.9 Å². The molecule has 8 heteroatoms. The number of sulfonamides is 1. The van der Waals surface area contributed by atoms with Gasteiger partial charge in [0.1, 0.15) is 5.75 Å². The van der Waals surface area contributed by atoms with E-state index >= 15 is 0 Å². The largest absolute Gasteiger partial charge is 0.494 e. The quantitative estimate of drug-likeness (QED) is 0.507. The van der Waals surface area contributed by atoms with Crippen LogP contribution in [0.15, 0.2) is 54.4 Å². The standard InChI is InChI=1S/C21H24ClN3O3S/c1-6-23-16(2)14-24(3)20-12-11-19(13-21(20)28-5)25(4)29(26,27)15-17-7-9-18(22)10-8-17/h1,7-14,23H,15H2,2-5H3/b16-14-. The predicted molar refractivity (Wildman–Crippen MR) is 120 cm³/mol. The Labute approximate surface area is 177 Å². The van der Waals surface area contributed by atoms with Crippen LogP contribution < -0.4 is 19.3 Å². The van der Waals surface area contributed by atoms with E-state index in [-0.39, 0.29) is 5.75 Å². The highest BCUT2D eigenvalue weighted by Gasteiger charge is 2.21. The van der Waals surface area contributed by atoms with E-state index in [1.807, 2.05) is 25.1 Å². The summed E-state index contributed by atoms with van der Waals surface area (Å²) in [5.41, 5.74) is 2.70. The number of allylic oxidation sites excluding steroid dienone is 1. The number of rotatable bonds is 8. The number of hydrogen-bond donors (Lipinski definition) is 1. The lowest BCUT2D eigenvalue weighted by atomic mass is 10.2. The lowest BCUT2D eigenvalue weighted by Gasteiger charge is -2.23. The first kappa shape index (κ1) is 22.5. The maximum atomic E-state index is 12.8. The highest BCUT2D eigenvalue weighted by molar-refractivity contribution is 7.92. The second kappa shape index (κ2) is 9.59. The molecule has 0 atom stereocenters. The van der Waals surface area contributed by atoms with E-state index in [9.17, 15) is 8.42 Å². The minimum Gasteiger partial charge on any atom is -0.494 e. The summed E-state index contributed by atoms with van der Waals surface area (Å²) in [5.74, 6) is 0.396. The Morgan fingerprint density at radius 1 is 1.24 bits per heavy atom. The number of methoxy groups -OCH3 is 1. The van der Waals surface area contributed by atoms with Gasteiger partial charge in [0.2, 0.25) is 10.0 Å². The fourth-order valence-corrected chi connectivity index (χ4v) is 4.08. The molecule has 2 aromatic rings. The molecule has 29 heavy (non-hydrogen) atoms. The molecule has 0 aliphatic heterocycles.